The van der Waals surface area contributed by atoms with E-state index in [4.69, 9.17) is 24.1 Å². The lowest BCUT2D eigenvalue weighted by molar-refractivity contribution is -0.149. The van der Waals surface area contributed by atoms with Crippen LogP contribution in [0.1, 0.15) is 56.1 Å². The van der Waals surface area contributed by atoms with Gasteiger partial charge in [0, 0.05) is 17.7 Å². The van der Waals surface area contributed by atoms with Gasteiger partial charge in [0.25, 0.3) is 0 Å². The molecular formula is C22H34O7. The van der Waals surface area contributed by atoms with Crippen LogP contribution in [0.15, 0.2) is 0 Å². The molecule has 1 aliphatic carbocycles. The number of aliphatic hydroxyl groups is 1. The molecule has 0 unspecified atom stereocenters. The second-order valence-corrected chi connectivity index (χ2v) is 7.62. The van der Waals surface area contributed by atoms with Crippen molar-refractivity contribution in [3.8, 4) is 23.0 Å². The zero-order valence-corrected chi connectivity index (χ0v) is 18.0. The third-order valence-corrected chi connectivity index (χ3v) is 5.90. The van der Waals surface area contributed by atoms with Gasteiger partial charge in [0.1, 0.15) is 0 Å². The molecule has 7 nitrogen and oxygen atoms in total. The van der Waals surface area contributed by atoms with Gasteiger partial charge in [-0.3, -0.25) is 4.79 Å². The van der Waals surface area contributed by atoms with Crippen LogP contribution in [-0.4, -0.2) is 51.2 Å². The maximum Gasteiger partial charge on any atom is 0.310 e. The number of carbonyl (C=O) groups is 1. The molecule has 0 amide bonds. The van der Waals surface area contributed by atoms with Gasteiger partial charge in [-0.05, 0) is 25.7 Å². The molecule has 1 aromatic carbocycles. The Morgan fingerprint density at radius 2 is 1.17 bits per heavy atom. The average molecular weight is 411 g/mol. The van der Waals surface area contributed by atoms with E-state index in [1.165, 1.54) is 14.2 Å². The van der Waals surface area contributed by atoms with Crippen molar-refractivity contribution in [3.63, 3.8) is 0 Å². The summed E-state index contributed by atoms with van der Waals surface area (Å²) >= 11 is 0. The number of hydrogen-bond donors (Lipinski definition) is 2. The lowest BCUT2D eigenvalue weighted by Gasteiger charge is -2.24. The van der Waals surface area contributed by atoms with Crippen molar-refractivity contribution in [1.82, 2.24) is 0 Å². The number of fused-ring (bicyclic) bond motifs is 1. The van der Waals surface area contributed by atoms with Crippen LogP contribution >= 0.6 is 0 Å². The van der Waals surface area contributed by atoms with Crippen molar-refractivity contribution >= 4 is 5.97 Å². The number of unbranched alkanes of at least 4 members (excludes halogenated alkanes) is 5. The largest absolute Gasteiger partial charge is 0.492 e. The number of hydrogen-bond acceptors (Lipinski definition) is 6. The van der Waals surface area contributed by atoms with Crippen molar-refractivity contribution in [2.45, 2.75) is 57.8 Å². The van der Waals surface area contributed by atoms with E-state index in [2.05, 4.69) is 0 Å². The first kappa shape index (κ1) is 23.1. The molecule has 0 atom stereocenters. The fourth-order valence-corrected chi connectivity index (χ4v) is 4.39. The van der Waals surface area contributed by atoms with E-state index < -0.39 is 11.4 Å². The molecule has 1 aromatic rings. The van der Waals surface area contributed by atoms with Crippen LogP contribution in [0.2, 0.25) is 0 Å². The van der Waals surface area contributed by atoms with Crippen LogP contribution in [-0.2, 0) is 17.6 Å². The lowest BCUT2D eigenvalue weighted by Crippen LogP contribution is -2.31. The fraction of sp³-hybridized carbons (Fsp3) is 0.682. The molecule has 0 heterocycles. The summed E-state index contributed by atoms with van der Waals surface area (Å²) in [6.07, 6.45) is 7.14. The molecule has 0 saturated heterocycles. The summed E-state index contributed by atoms with van der Waals surface area (Å²) in [6.45, 7) is 0.233. The van der Waals surface area contributed by atoms with Crippen molar-refractivity contribution in [2.24, 2.45) is 5.41 Å². The Balaban J connectivity index is 2.26. The van der Waals surface area contributed by atoms with Gasteiger partial charge in [-0.1, -0.05) is 32.1 Å². The summed E-state index contributed by atoms with van der Waals surface area (Å²) in [4.78, 5) is 12.3. The zero-order chi connectivity index (χ0) is 21.4. The number of carboxylic acid groups (broad SMARTS) is 1. The number of methoxy groups -OCH3 is 4. The molecule has 0 radical (unpaired) electrons. The Morgan fingerprint density at radius 1 is 0.759 bits per heavy atom. The van der Waals surface area contributed by atoms with E-state index in [1.54, 1.807) is 14.2 Å². The summed E-state index contributed by atoms with van der Waals surface area (Å²) in [5.74, 6) is 1.10. The van der Waals surface area contributed by atoms with Crippen molar-refractivity contribution in [1.29, 1.82) is 0 Å². The normalized spacial score (nSPS) is 14.4. The van der Waals surface area contributed by atoms with E-state index in [1.807, 2.05) is 0 Å². The predicted molar refractivity (Wildman–Crippen MR) is 110 cm³/mol. The summed E-state index contributed by atoms with van der Waals surface area (Å²) < 4.78 is 22.2. The number of rotatable bonds is 13. The van der Waals surface area contributed by atoms with Crippen molar-refractivity contribution in [3.05, 3.63) is 11.1 Å². The highest BCUT2D eigenvalue weighted by molar-refractivity contribution is 5.80. The summed E-state index contributed by atoms with van der Waals surface area (Å²) in [7, 11) is 6.17. The quantitative estimate of drug-likeness (QED) is 0.480. The van der Waals surface area contributed by atoms with Crippen LogP contribution < -0.4 is 18.9 Å². The first-order chi connectivity index (χ1) is 14.0. The number of benzene rings is 1. The number of ether oxygens (including phenoxy) is 4. The van der Waals surface area contributed by atoms with Gasteiger partial charge in [-0.25, -0.2) is 0 Å². The van der Waals surface area contributed by atoms with Gasteiger partial charge in [0.2, 0.25) is 11.5 Å². The first-order valence-corrected chi connectivity index (χ1v) is 10.2. The van der Waals surface area contributed by atoms with Crippen molar-refractivity contribution in [2.75, 3.05) is 35.0 Å². The molecule has 1 aliphatic rings. The minimum absolute atomic E-state index is 0.233. The molecule has 0 saturated carbocycles. The third kappa shape index (κ3) is 4.71. The zero-order valence-electron chi connectivity index (χ0n) is 18.0. The monoisotopic (exact) mass is 410 g/mol. The van der Waals surface area contributed by atoms with E-state index in [9.17, 15) is 9.90 Å². The molecule has 2 rings (SSSR count). The van der Waals surface area contributed by atoms with E-state index in [0.29, 0.717) is 42.3 Å². The van der Waals surface area contributed by atoms with Crippen LogP contribution in [0.4, 0.5) is 0 Å². The highest BCUT2D eigenvalue weighted by Gasteiger charge is 2.47. The number of aliphatic carboxylic acids is 1. The van der Waals surface area contributed by atoms with Gasteiger partial charge in [-0.2, -0.15) is 0 Å². The van der Waals surface area contributed by atoms with Crippen LogP contribution in [0.5, 0.6) is 23.0 Å². The standard InChI is InChI=1S/C22H34O7/c1-26-17-15-13-22(21(24)25,11-9-7-5-6-8-10-12-23)14-16(15)18(27-2)20(29-4)19(17)28-3/h23H,5-14H2,1-4H3,(H,24,25). The molecule has 29 heavy (non-hydrogen) atoms. The van der Waals surface area contributed by atoms with Crippen LogP contribution in [0.25, 0.3) is 0 Å². The van der Waals surface area contributed by atoms with E-state index in [-0.39, 0.29) is 6.61 Å². The third-order valence-electron chi connectivity index (χ3n) is 5.90. The lowest BCUT2D eigenvalue weighted by atomic mass is 9.79. The minimum Gasteiger partial charge on any atom is -0.492 e. The highest BCUT2D eigenvalue weighted by Crippen LogP contribution is 2.56. The topological polar surface area (TPSA) is 94.5 Å². The molecular weight excluding hydrogens is 376 g/mol. The molecule has 164 valence electrons. The SMILES string of the molecule is COc1c2c(c(OC)c(OC)c1OC)CC(CCCCCCCCO)(C(=O)O)C2. The van der Waals surface area contributed by atoms with Crippen molar-refractivity contribution < 1.29 is 34.0 Å². The first-order valence-electron chi connectivity index (χ1n) is 10.2. The van der Waals surface area contributed by atoms with Gasteiger partial charge in [0.15, 0.2) is 11.5 Å². The molecule has 0 fully saturated rings. The highest BCUT2D eigenvalue weighted by atomic mass is 16.5. The van der Waals surface area contributed by atoms with E-state index >= 15 is 0 Å². The molecule has 7 heteroatoms. The summed E-state index contributed by atoms with van der Waals surface area (Å²) in [5.41, 5.74) is 0.769. The maximum absolute atomic E-state index is 12.3. The molecule has 0 bridgehead atoms. The fourth-order valence-electron chi connectivity index (χ4n) is 4.39. The molecule has 0 aliphatic heterocycles. The summed E-state index contributed by atoms with van der Waals surface area (Å²) in [6, 6.07) is 0. The van der Waals surface area contributed by atoms with Gasteiger partial charge < -0.3 is 29.2 Å². The van der Waals surface area contributed by atoms with Gasteiger partial charge >= 0.3 is 5.97 Å². The average Bonchev–Trinajstić information content (AvgIpc) is 3.11. The van der Waals surface area contributed by atoms with Gasteiger partial charge in [-0.15, -0.1) is 0 Å². The second kappa shape index (κ2) is 10.6. The second-order valence-electron chi connectivity index (χ2n) is 7.62. The Hall–Kier alpha value is -2.15. The smallest absolute Gasteiger partial charge is 0.310 e. The predicted octanol–water partition coefficient (Wildman–Crippen LogP) is 3.61. The Bertz CT molecular complexity index is 658. The number of aliphatic hydroxyl groups excluding tert-OH is 1. The maximum atomic E-state index is 12.3. The van der Waals surface area contributed by atoms with E-state index in [0.717, 1.165) is 49.7 Å². The molecule has 0 aromatic heterocycles. The summed E-state index contributed by atoms with van der Waals surface area (Å²) in [5, 5.41) is 19.0. The Labute approximate surface area is 172 Å². The molecule has 0 spiro atoms. The number of carboxylic acids is 1. The van der Waals surface area contributed by atoms with Gasteiger partial charge in [0.05, 0.1) is 33.9 Å². The minimum atomic E-state index is -0.884. The Kier molecular flexibility index (Phi) is 8.44. The van der Waals surface area contributed by atoms with Crippen LogP contribution in [0, 0.1) is 5.41 Å². The molecule has 2 N–H and O–H groups in total. The Morgan fingerprint density at radius 3 is 1.55 bits per heavy atom. The van der Waals surface area contributed by atoms with Crippen LogP contribution in [0.3, 0.4) is 0 Å².